The lowest BCUT2D eigenvalue weighted by Gasteiger charge is -1.97. The lowest BCUT2D eigenvalue weighted by atomic mass is 10.1. The average molecular weight is 221 g/mol. The number of H-pyrrole nitrogens is 1. The van der Waals surface area contributed by atoms with Crippen molar-refractivity contribution in [2.24, 2.45) is 0 Å². The largest absolute Gasteiger partial charge is 0.298 e. The number of nitrogens with one attached hydrogen (secondary N) is 1. The molecule has 0 amide bonds. The second kappa shape index (κ2) is 3.87. The summed E-state index contributed by atoms with van der Waals surface area (Å²) >= 11 is 5.78. The van der Waals surface area contributed by atoms with Crippen molar-refractivity contribution in [2.45, 2.75) is 6.92 Å². The molecule has 2 aromatic rings. The Kier molecular flexibility index (Phi) is 2.56. The first-order valence-electron chi connectivity index (χ1n) is 4.48. The van der Waals surface area contributed by atoms with Crippen LogP contribution in [0.2, 0.25) is 5.02 Å². The number of carbonyl (C=O) groups is 1. The Morgan fingerprint density at radius 3 is 2.60 bits per heavy atom. The molecule has 4 heteroatoms. The van der Waals surface area contributed by atoms with Crippen molar-refractivity contribution in [3.05, 3.63) is 40.5 Å². The number of nitrogens with zero attached hydrogens (tertiary/aromatic N) is 1. The van der Waals surface area contributed by atoms with Crippen LogP contribution >= 0.6 is 11.6 Å². The van der Waals surface area contributed by atoms with Gasteiger partial charge in [0.2, 0.25) is 0 Å². The molecular formula is C11H9ClN2O. The highest BCUT2D eigenvalue weighted by Crippen LogP contribution is 2.23. The summed E-state index contributed by atoms with van der Waals surface area (Å²) in [6, 6.07) is 7.22. The zero-order chi connectivity index (χ0) is 10.8. The van der Waals surface area contributed by atoms with Gasteiger partial charge in [-0.3, -0.25) is 9.89 Å². The molecule has 0 saturated carbocycles. The van der Waals surface area contributed by atoms with Crippen LogP contribution in [0.1, 0.15) is 16.1 Å². The Hall–Kier alpha value is -1.61. The molecule has 3 nitrogen and oxygen atoms in total. The van der Waals surface area contributed by atoms with E-state index in [0.29, 0.717) is 16.3 Å². The van der Waals surface area contributed by atoms with E-state index in [9.17, 15) is 4.79 Å². The van der Waals surface area contributed by atoms with Crippen molar-refractivity contribution in [1.82, 2.24) is 10.2 Å². The molecule has 0 spiro atoms. The third-order valence-corrected chi connectivity index (χ3v) is 2.48. The maximum absolute atomic E-state index is 10.9. The van der Waals surface area contributed by atoms with Crippen molar-refractivity contribution in [3.8, 4) is 11.3 Å². The molecule has 76 valence electrons. The van der Waals surface area contributed by atoms with Gasteiger partial charge in [-0.05, 0) is 19.1 Å². The van der Waals surface area contributed by atoms with Crippen LogP contribution in [0.4, 0.5) is 0 Å². The molecule has 0 radical (unpaired) electrons. The molecule has 0 atom stereocenters. The monoisotopic (exact) mass is 220 g/mol. The fourth-order valence-corrected chi connectivity index (χ4v) is 1.54. The maximum Gasteiger partial charge on any atom is 0.154 e. The predicted octanol–water partition coefficient (Wildman–Crippen LogP) is 2.85. The molecule has 15 heavy (non-hydrogen) atoms. The molecule has 0 aliphatic rings. The number of aromatic nitrogens is 2. The highest BCUT2D eigenvalue weighted by Gasteiger charge is 2.10. The average Bonchev–Trinajstić information content (AvgIpc) is 2.61. The molecule has 1 heterocycles. The highest BCUT2D eigenvalue weighted by molar-refractivity contribution is 6.30. The maximum atomic E-state index is 10.9. The van der Waals surface area contributed by atoms with Crippen molar-refractivity contribution in [1.29, 1.82) is 0 Å². The number of benzene rings is 1. The fourth-order valence-electron chi connectivity index (χ4n) is 1.41. The number of hydrogen-bond acceptors (Lipinski definition) is 2. The zero-order valence-electron chi connectivity index (χ0n) is 8.12. The first-order chi connectivity index (χ1) is 7.22. The van der Waals surface area contributed by atoms with Gasteiger partial charge in [-0.1, -0.05) is 23.7 Å². The first-order valence-corrected chi connectivity index (χ1v) is 4.86. The number of aldehydes is 1. The minimum Gasteiger partial charge on any atom is -0.298 e. The van der Waals surface area contributed by atoms with Gasteiger partial charge >= 0.3 is 0 Å². The quantitative estimate of drug-likeness (QED) is 0.791. The number of aromatic amines is 1. The van der Waals surface area contributed by atoms with Crippen LogP contribution in [0.25, 0.3) is 11.3 Å². The number of hydrogen-bond donors (Lipinski definition) is 1. The lowest BCUT2D eigenvalue weighted by molar-refractivity contribution is 0.112. The summed E-state index contributed by atoms with van der Waals surface area (Å²) in [5, 5.41) is 7.54. The minimum absolute atomic E-state index is 0.595. The summed E-state index contributed by atoms with van der Waals surface area (Å²) in [7, 11) is 0. The Balaban J connectivity index is 2.53. The van der Waals surface area contributed by atoms with Crippen molar-refractivity contribution in [3.63, 3.8) is 0 Å². The van der Waals surface area contributed by atoms with Crippen LogP contribution in [0.5, 0.6) is 0 Å². The molecule has 0 fully saturated rings. The smallest absolute Gasteiger partial charge is 0.154 e. The van der Waals surface area contributed by atoms with Gasteiger partial charge in [0, 0.05) is 16.3 Å². The van der Waals surface area contributed by atoms with Gasteiger partial charge in [0.1, 0.15) is 5.69 Å². The number of carbonyl (C=O) groups excluding carboxylic acids is 1. The molecule has 1 N–H and O–H groups in total. The van der Waals surface area contributed by atoms with Gasteiger partial charge in [-0.2, -0.15) is 5.10 Å². The third-order valence-electron chi connectivity index (χ3n) is 2.23. The van der Waals surface area contributed by atoms with Crippen LogP contribution in [0, 0.1) is 6.92 Å². The Bertz CT molecular complexity index is 488. The van der Waals surface area contributed by atoms with Crippen molar-refractivity contribution in [2.75, 3.05) is 0 Å². The summed E-state index contributed by atoms with van der Waals surface area (Å²) < 4.78 is 0. The molecule has 0 bridgehead atoms. The summed E-state index contributed by atoms with van der Waals surface area (Å²) in [4.78, 5) is 10.9. The minimum atomic E-state index is 0.595. The van der Waals surface area contributed by atoms with Crippen LogP contribution in [0.3, 0.4) is 0 Å². The molecule has 1 aromatic heterocycles. The molecule has 0 unspecified atom stereocenters. The molecule has 1 aromatic carbocycles. The van der Waals surface area contributed by atoms with E-state index in [4.69, 9.17) is 11.6 Å². The predicted molar refractivity (Wildman–Crippen MR) is 59.2 cm³/mol. The van der Waals surface area contributed by atoms with Crippen LogP contribution in [-0.2, 0) is 0 Å². The van der Waals surface area contributed by atoms with Crippen LogP contribution in [0.15, 0.2) is 24.3 Å². The lowest BCUT2D eigenvalue weighted by Crippen LogP contribution is -1.85. The summed E-state index contributed by atoms with van der Waals surface area (Å²) in [5.41, 5.74) is 2.91. The van der Waals surface area contributed by atoms with Gasteiger partial charge in [0.25, 0.3) is 0 Å². The van der Waals surface area contributed by atoms with E-state index in [1.807, 2.05) is 19.1 Å². The summed E-state index contributed by atoms with van der Waals surface area (Å²) in [6.07, 6.45) is 0.808. The Morgan fingerprint density at radius 1 is 1.33 bits per heavy atom. The van der Waals surface area contributed by atoms with Gasteiger partial charge in [0.05, 0.1) is 5.56 Å². The van der Waals surface area contributed by atoms with Crippen molar-refractivity contribution >= 4 is 17.9 Å². The number of rotatable bonds is 2. The topological polar surface area (TPSA) is 45.8 Å². The summed E-state index contributed by atoms with van der Waals surface area (Å²) in [5.74, 6) is 0. The van der Waals surface area contributed by atoms with Crippen molar-refractivity contribution < 1.29 is 4.79 Å². The highest BCUT2D eigenvalue weighted by atomic mass is 35.5. The van der Waals surface area contributed by atoms with Gasteiger partial charge in [-0.25, -0.2) is 0 Å². The Morgan fingerprint density at radius 2 is 2.00 bits per heavy atom. The van der Waals surface area contributed by atoms with E-state index >= 15 is 0 Å². The van der Waals surface area contributed by atoms with E-state index in [1.165, 1.54) is 0 Å². The van der Waals surface area contributed by atoms with Crippen LogP contribution in [-0.4, -0.2) is 16.5 Å². The van der Waals surface area contributed by atoms with E-state index < -0.39 is 0 Å². The molecule has 0 saturated heterocycles. The van der Waals surface area contributed by atoms with Gasteiger partial charge in [-0.15, -0.1) is 0 Å². The van der Waals surface area contributed by atoms with E-state index in [1.54, 1.807) is 12.1 Å². The zero-order valence-corrected chi connectivity index (χ0v) is 8.88. The molecule has 0 aliphatic carbocycles. The normalized spacial score (nSPS) is 10.3. The molecule has 2 rings (SSSR count). The Labute approximate surface area is 92.1 Å². The number of halogens is 1. The van der Waals surface area contributed by atoms with Gasteiger partial charge in [0.15, 0.2) is 6.29 Å². The molecule has 0 aliphatic heterocycles. The number of aryl methyl sites for hydroxylation is 1. The van der Waals surface area contributed by atoms with E-state index in [0.717, 1.165) is 17.5 Å². The second-order valence-electron chi connectivity index (χ2n) is 3.24. The third kappa shape index (κ3) is 1.78. The van der Waals surface area contributed by atoms with Gasteiger partial charge < -0.3 is 0 Å². The SMILES string of the molecule is Cc1[nH]nc(-c2ccc(Cl)cc2)c1C=O. The standard InChI is InChI=1S/C11H9ClN2O/c1-7-10(6-15)11(14-13-7)8-2-4-9(12)5-3-8/h2-6H,1H3,(H,13,14). The van der Waals surface area contributed by atoms with E-state index in [-0.39, 0.29) is 0 Å². The fraction of sp³-hybridized carbons (Fsp3) is 0.0909. The molecular weight excluding hydrogens is 212 g/mol. The summed E-state index contributed by atoms with van der Waals surface area (Å²) in [6.45, 7) is 1.82. The van der Waals surface area contributed by atoms with Crippen LogP contribution < -0.4 is 0 Å². The first kappa shape index (κ1) is 9.93. The van der Waals surface area contributed by atoms with E-state index in [2.05, 4.69) is 10.2 Å². The second-order valence-corrected chi connectivity index (χ2v) is 3.67.